The van der Waals surface area contributed by atoms with Gasteiger partial charge in [0.2, 0.25) is 0 Å². The third kappa shape index (κ3) is 3.71. The van der Waals surface area contributed by atoms with Crippen LogP contribution in [-0.4, -0.2) is 15.0 Å². The van der Waals surface area contributed by atoms with E-state index in [-0.39, 0.29) is 0 Å². The zero-order valence-corrected chi connectivity index (χ0v) is 21.6. The van der Waals surface area contributed by atoms with E-state index in [2.05, 4.69) is 78.9 Å². The van der Waals surface area contributed by atoms with Crippen molar-refractivity contribution in [3.05, 3.63) is 140 Å². The molecule has 0 aliphatic rings. The summed E-state index contributed by atoms with van der Waals surface area (Å²) in [4.78, 5) is 14.6. The van der Waals surface area contributed by atoms with Crippen LogP contribution in [0.3, 0.4) is 0 Å². The first kappa shape index (κ1) is 22.6. The molecule has 186 valence electrons. The van der Waals surface area contributed by atoms with E-state index >= 15 is 0 Å². The highest BCUT2D eigenvalue weighted by Gasteiger charge is 2.15. The van der Waals surface area contributed by atoms with Gasteiger partial charge in [-0.05, 0) is 49.5 Å². The summed E-state index contributed by atoms with van der Waals surface area (Å²) in [5.74, 6) is 1.99. The van der Waals surface area contributed by atoms with Gasteiger partial charge in [0.15, 0.2) is 17.5 Å². The minimum atomic E-state index is 0.661. The highest BCUT2D eigenvalue weighted by atomic mass is 15.0. The first-order valence-electron chi connectivity index (χ1n) is 13.5. The van der Waals surface area contributed by atoms with E-state index in [9.17, 15) is 0 Å². The minimum absolute atomic E-state index is 0.661. The first-order valence-corrected chi connectivity index (χ1v) is 13.5. The number of benzene rings is 7. The average Bonchev–Trinajstić information content (AvgIpc) is 3.04. The van der Waals surface area contributed by atoms with Gasteiger partial charge in [-0.2, -0.15) is 0 Å². The van der Waals surface area contributed by atoms with Crippen molar-refractivity contribution in [3.8, 4) is 45.3 Å². The molecule has 1 aromatic heterocycles. The zero-order chi connectivity index (χ0) is 26.5. The van der Waals surface area contributed by atoms with Crippen LogP contribution in [0.25, 0.3) is 77.6 Å². The van der Waals surface area contributed by atoms with Crippen LogP contribution in [0.1, 0.15) is 0 Å². The lowest BCUT2D eigenvalue weighted by Crippen LogP contribution is -2.00. The molecule has 0 saturated heterocycles. The Balaban J connectivity index is 1.27. The number of aromatic nitrogens is 3. The molecule has 0 unspecified atom stereocenters. The van der Waals surface area contributed by atoms with Gasteiger partial charge in [-0.25, -0.2) is 15.0 Å². The van der Waals surface area contributed by atoms with Crippen LogP contribution >= 0.6 is 0 Å². The predicted octanol–water partition coefficient (Wildman–Crippen LogP) is 9.44. The molecule has 0 amide bonds. The maximum absolute atomic E-state index is 4.89. The normalized spacial score (nSPS) is 11.5. The van der Waals surface area contributed by atoms with Crippen LogP contribution in [0.15, 0.2) is 140 Å². The second kappa shape index (κ2) is 9.11. The third-order valence-corrected chi connectivity index (χ3v) is 7.66. The van der Waals surface area contributed by atoms with E-state index < -0.39 is 0 Å². The molecule has 0 fully saturated rings. The molecule has 0 saturated carbocycles. The van der Waals surface area contributed by atoms with Gasteiger partial charge >= 0.3 is 0 Å². The van der Waals surface area contributed by atoms with Crippen molar-refractivity contribution in [1.82, 2.24) is 15.0 Å². The number of hydrogen-bond acceptors (Lipinski definition) is 3. The zero-order valence-electron chi connectivity index (χ0n) is 21.6. The summed E-state index contributed by atoms with van der Waals surface area (Å²) >= 11 is 0. The fourth-order valence-corrected chi connectivity index (χ4v) is 5.74. The Morgan fingerprint density at radius 3 is 1.40 bits per heavy atom. The molecule has 0 aliphatic carbocycles. The Bertz CT molecular complexity index is 2080. The standard InChI is InChI=1S/C37H23N3/c1-3-9-27(10-4-1)35-38-36(28-11-5-2-6-12-28)40-37(39-35)29-21-17-24(18-22-29)32-23-30-15-7-13-25-19-20-26-14-8-16-31(32)34(26)33(25)30/h1-23H. The van der Waals surface area contributed by atoms with Gasteiger partial charge in [-0.3, -0.25) is 0 Å². The summed E-state index contributed by atoms with van der Waals surface area (Å²) in [5.41, 5.74) is 5.29. The van der Waals surface area contributed by atoms with Gasteiger partial charge in [0.1, 0.15) is 0 Å². The third-order valence-electron chi connectivity index (χ3n) is 7.66. The minimum Gasteiger partial charge on any atom is -0.208 e. The largest absolute Gasteiger partial charge is 0.208 e. The summed E-state index contributed by atoms with van der Waals surface area (Å²) in [5, 5.41) is 7.75. The fourth-order valence-electron chi connectivity index (χ4n) is 5.74. The van der Waals surface area contributed by atoms with E-state index in [1.807, 2.05) is 60.7 Å². The van der Waals surface area contributed by atoms with Crippen molar-refractivity contribution in [2.24, 2.45) is 0 Å². The second-order valence-electron chi connectivity index (χ2n) is 10.1. The summed E-state index contributed by atoms with van der Waals surface area (Å²) in [6.45, 7) is 0. The second-order valence-corrected chi connectivity index (χ2v) is 10.1. The van der Waals surface area contributed by atoms with Crippen LogP contribution in [0, 0.1) is 0 Å². The van der Waals surface area contributed by atoms with Crippen LogP contribution in [0.4, 0.5) is 0 Å². The Hall–Kier alpha value is -5.41. The van der Waals surface area contributed by atoms with Crippen LogP contribution in [0.5, 0.6) is 0 Å². The van der Waals surface area contributed by atoms with Gasteiger partial charge in [0, 0.05) is 16.7 Å². The molecule has 7 aromatic carbocycles. The lowest BCUT2D eigenvalue weighted by atomic mass is 9.89. The van der Waals surface area contributed by atoms with E-state index in [1.54, 1.807) is 0 Å². The van der Waals surface area contributed by atoms with Crippen LogP contribution < -0.4 is 0 Å². The Labute approximate surface area is 231 Å². The molecule has 8 rings (SSSR count). The van der Waals surface area contributed by atoms with Gasteiger partial charge < -0.3 is 0 Å². The summed E-state index contributed by atoms with van der Waals surface area (Å²) in [7, 11) is 0. The summed E-state index contributed by atoms with van der Waals surface area (Å²) < 4.78 is 0. The maximum atomic E-state index is 4.89. The average molecular weight is 510 g/mol. The maximum Gasteiger partial charge on any atom is 0.164 e. The van der Waals surface area contributed by atoms with E-state index in [0.717, 1.165) is 16.7 Å². The lowest BCUT2D eigenvalue weighted by Gasteiger charge is -2.15. The van der Waals surface area contributed by atoms with Crippen molar-refractivity contribution in [2.45, 2.75) is 0 Å². The molecule has 0 atom stereocenters. The molecular formula is C37H23N3. The molecule has 8 aromatic rings. The van der Waals surface area contributed by atoms with Gasteiger partial charge in [0.05, 0.1) is 0 Å². The van der Waals surface area contributed by atoms with E-state index in [1.165, 1.54) is 43.4 Å². The molecule has 0 N–H and O–H groups in total. The van der Waals surface area contributed by atoms with E-state index in [0.29, 0.717) is 17.5 Å². The highest BCUT2D eigenvalue weighted by molar-refractivity contribution is 6.26. The number of rotatable bonds is 4. The molecule has 0 aliphatic heterocycles. The van der Waals surface area contributed by atoms with Crippen molar-refractivity contribution in [1.29, 1.82) is 0 Å². The van der Waals surface area contributed by atoms with E-state index in [4.69, 9.17) is 15.0 Å². The van der Waals surface area contributed by atoms with Gasteiger partial charge in [-0.15, -0.1) is 0 Å². The Morgan fingerprint density at radius 2 is 0.800 bits per heavy atom. The van der Waals surface area contributed by atoms with Crippen LogP contribution in [-0.2, 0) is 0 Å². The Kier molecular flexibility index (Phi) is 5.14. The van der Waals surface area contributed by atoms with Crippen molar-refractivity contribution >= 4 is 32.3 Å². The number of nitrogens with zero attached hydrogens (tertiary/aromatic N) is 3. The molecule has 3 nitrogen and oxygen atoms in total. The van der Waals surface area contributed by atoms with Crippen molar-refractivity contribution < 1.29 is 0 Å². The van der Waals surface area contributed by atoms with Gasteiger partial charge in [-0.1, -0.05) is 133 Å². The molecule has 0 bridgehead atoms. The smallest absolute Gasteiger partial charge is 0.164 e. The summed E-state index contributed by atoms with van der Waals surface area (Å²) in [6.07, 6.45) is 0. The topological polar surface area (TPSA) is 38.7 Å². The van der Waals surface area contributed by atoms with Crippen LogP contribution in [0.2, 0.25) is 0 Å². The SMILES string of the molecule is c1ccc(-c2nc(-c3ccccc3)nc(-c3ccc(-c4cc5cccc6ccc7cccc4c7c65)cc3)n2)cc1. The fraction of sp³-hybridized carbons (Fsp3) is 0. The number of hydrogen-bond donors (Lipinski definition) is 0. The van der Waals surface area contributed by atoms with Crippen molar-refractivity contribution in [3.63, 3.8) is 0 Å². The predicted molar refractivity (Wildman–Crippen MR) is 165 cm³/mol. The molecule has 0 radical (unpaired) electrons. The molecular weight excluding hydrogens is 486 g/mol. The Morgan fingerprint density at radius 1 is 0.325 bits per heavy atom. The molecule has 0 spiro atoms. The highest BCUT2D eigenvalue weighted by Crippen LogP contribution is 2.40. The molecule has 3 heteroatoms. The molecule has 1 heterocycles. The quantitative estimate of drug-likeness (QED) is 0.222. The lowest BCUT2D eigenvalue weighted by molar-refractivity contribution is 1.07. The molecule has 40 heavy (non-hydrogen) atoms. The monoisotopic (exact) mass is 509 g/mol. The summed E-state index contributed by atoms with van der Waals surface area (Å²) in [6, 6.07) is 48.7. The van der Waals surface area contributed by atoms with Crippen molar-refractivity contribution in [2.75, 3.05) is 0 Å². The van der Waals surface area contributed by atoms with Gasteiger partial charge in [0.25, 0.3) is 0 Å². The first-order chi connectivity index (χ1) is 19.8.